The molecule has 1 N–H and O–H groups in total. The largest absolute Gasteiger partial charge is 0.443 e. The molecule has 0 unspecified atom stereocenters. The van der Waals surface area contributed by atoms with Crippen LogP contribution < -0.4 is 10.4 Å². The van der Waals surface area contributed by atoms with Gasteiger partial charge in [-0.25, -0.2) is 9.69 Å². The standard InChI is InChI=1S/C33H47NO7Si/c1-29(2,3)41-28(36)34-27(35)26(32(9,37)33(34)22-38-31(7,8)39-23-33)20-21-40-42(30(4,5)6,24-16-12-10-13-17-24)25-18-14-11-15-19-25/h10-19,26,37H,20-23H2,1-9H3/t26-,32+/m1/s1. The average Bonchev–Trinajstić information content (AvgIpc) is 3.04. The molecule has 0 radical (unpaired) electrons. The number of rotatable bonds is 6. The van der Waals surface area contributed by atoms with Gasteiger partial charge in [-0.2, -0.15) is 0 Å². The van der Waals surface area contributed by atoms with Crippen LogP contribution in [-0.4, -0.2) is 72.7 Å². The summed E-state index contributed by atoms with van der Waals surface area (Å²) in [6.45, 7) is 16.9. The fraction of sp³-hybridized carbons (Fsp3) is 0.576. The van der Waals surface area contributed by atoms with Gasteiger partial charge in [0.2, 0.25) is 5.91 Å². The minimum Gasteiger partial charge on any atom is -0.443 e. The predicted octanol–water partition coefficient (Wildman–Crippen LogP) is 4.62. The normalized spacial score (nSPS) is 24.2. The van der Waals surface area contributed by atoms with Crippen LogP contribution in [0.5, 0.6) is 0 Å². The van der Waals surface area contributed by atoms with Crippen molar-refractivity contribution in [3.05, 3.63) is 60.7 Å². The molecule has 0 bridgehead atoms. The Balaban J connectivity index is 1.70. The maximum absolute atomic E-state index is 14.1. The quantitative estimate of drug-likeness (QED) is 0.486. The molecule has 230 valence electrons. The molecule has 1 spiro atoms. The zero-order valence-electron chi connectivity index (χ0n) is 26.5. The van der Waals surface area contributed by atoms with Gasteiger partial charge >= 0.3 is 6.09 Å². The highest BCUT2D eigenvalue weighted by atomic mass is 28.4. The van der Waals surface area contributed by atoms with E-state index in [0.717, 1.165) is 15.3 Å². The van der Waals surface area contributed by atoms with Gasteiger partial charge in [0.1, 0.15) is 16.7 Å². The third-order valence-electron chi connectivity index (χ3n) is 8.60. The molecule has 9 heteroatoms. The third-order valence-corrected chi connectivity index (χ3v) is 13.6. The van der Waals surface area contributed by atoms with E-state index in [0.29, 0.717) is 0 Å². The molecular formula is C33H47NO7Si. The summed E-state index contributed by atoms with van der Waals surface area (Å²) in [6.07, 6.45) is -0.629. The molecule has 0 aromatic heterocycles. The first-order chi connectivity index (χ1) is 19.4. The van der Waals surface area contributed by atoms with Crippen molar-refractivity contribution in [2.75, 3.05) is 19.8 Å². The number of carbonyl (C=O) groups is 2. The Labute approximate surface area is 251 Å². The van der Waals surface area contributed by atoms with Crippen LogP contribution >= 0.6 is 0 Å². The third kappa shape index (κ3) is 5.69. The van der Waals surface area contributed by atoms with Crippen LogP contribution in [0.1, 0.15) is 68.7 Å². The lowest BCUT2D eigenvalue weighted by atomic mass is 9.75. The summed E-state index contributed by atoms with van der Waals surface area (Å²) in [5, 5.41) is 14.1. The zero-order chi connectivity index (χ0) is 31.2. The molecular weight excluding hydrogens is 550 g/mol. The summed E-state index contributed by atoms with van der Waals surface area (Å²) < 4.78 is 24.6. The van der Waals surface area contributed by atoms with Gasteiger partial charge in [-0.1, -0.05) is 81.4 Å². The topological polar surface area (TPSA) is 94.5 Å². The maximum Gasteiger partial charge on any atom is 0.417 e. The monoisotopic (exact) mass is 597 g/mol. The van der Waals surface area contributed by atoms with Crippen molar-refractivity contribution in [3.63, 3.8) is 0 Å². The van der Waals surface area contributed by atoms with E-state index < -0.39 is 48.8 Å². The van der Waals surface area contributed by atoms with Crippen molar-refractivity contribution in [1.29, 1.82) is 0 Å². The highest BCUT2D eigenvalue weighted by molar-refractivity contribution is 6.99. The Morgan fingerprint density at radius 1 is 0.929 bits per heavy atom. The predicted molar refractivity (Wildman–Crippen MR) is 164 cm³/mol. The summed E-state index contributed by atoms with van der Waals surface area (Å²) >= 11 is 0. The van der Waals surface area contributed by atoms with E-state index in [-0.39, 0.29) is 31.3 Å². The fourth-order valence-electron chi connectivity index (χ4n) is 6.32. The molecule has 2 fully saturated rings. The number of benzene rings is 2. The van der Waals surface area contributed by atoms with Gasteiger partial charge in [-0.05, 0) is 63.4 Å². The number of likely N-dealkylation sites (tertiary alicyclic amines) is 1. The maximum atomic E-state index is 14.1. The number of amides is 2. The van der Waals surface area contributed by atoms with Gasteiger partial charge < -0.3 is 23.7 Å². The first-order valence-electron chi connectivity index (χ1n) is 14.7. The Morgan fingerprint density at radius 3 is 1.83 bits per heavy atom. The fourth-order valence-corrected chi connectivity index (χ4v) is 10.9. The van der Waals surface area contributed by atoms with Gasteiger partial charge in [-0.3, -0.25) is 4.79 Å². The number of hydrogen-bond acceptors (Lipinski definition) is 7. The van der Waals surface area contributed by atoms with E-state index in [1.165, 1.54) is 0 Å². The SMILES string of the molecule is CC(C)(C)OC(=O)N1C(=O)[C@@H](CCO[Si](c2ccccc2)(c2ccccc2)C(C)(C)C)[C@](C)(O)C12COC(C)(C)OC2. The van der Waals surface area contributed by atoms with Crippen molar-refractivity contribution < 1.29 is 33.3 Å². The first-order valence-corrected chi connectivity index (χ1v) is 16.6. The Morgan fingerprint density at radius 2 is 1.40 bits per heavy atom. The van der Waals surface area contributed by atoms with Crippen LogP contribution in [0.15, 0.2) is 60.7 Å². The van der Waals surface area contributed by atoms with Crippen molar-refractivity contribution in [1.82, 2.24) is 4.90 Å². The van der Waals surface area contributed by atoms with E-state index >= 15 is 0 Å². The minimum absolute atomic E-state index is 0.0793. The summed E-state index contributed by atoms with van der Waals surface area (Å²) in [6, 6.07) is 20.5. The number of nitrogens with zero attached hydrogens (tertiary/aromatic N) is 1. The minimum atomic E-state index is -2.87. The molecule has 2 saturated heterocycles. The molecule has 42 heavy (non-hydrogen) atoms. The van der Waals surface area contributed by atoms with E-state index in [2.05, 4.69) is 45.0 Å². The average molecular weight is 598 g/mol. The van der Waals surface area contributed by atoms with Crippen LogP contribution in [-0.2, 0) is 23.4 Å². The highest BCUT2D eigenvalue weighted by Gasteiger charge is 2.70. The lowest BCUT2D eigenvalue weighted by molar-refractivity contribution is -0.301. The lowest BCUT2D eigenvalue weighted by Crippen LogP contribution is -2.69. The number of hydrogen-bond donors (Lipinski definition) is 1. The van der Waals surface area contributed by atoms with Crippen LogP contribution in [0.4, 0.5) is 4.79 Å². The number of imide groups is 1. The van der Waals surface area contributed by atoms with Crippen LogP contribution in [0.2, 0.25) is 5.04 Å². The van der Waals surface area contributed by atoms with Gasteiger partial charge in [0.25, 0.3) is 8.32 Å². The molecule has 2 aromatic carbocycles. The number of aliphatic hydroxyl groups is 1. The van der Waals surface area contributed by atoms with E-state index in [1.807, 2.05) is 36.4 Å². The molecule has 4 rings (SSSR count). The molecule has 2 aromatic rings. The van der Waals surface area contributed by atoms with E-state index in [1.54, 1.807) is 41.5 Å². The smallest absolute Gasteiger partial charge is 0.417 e. The van der Waals surface area contributed by atoms with Crippen molar-refractivity contribution in [3.8, 4) is 0 Å². The molecule has 2 atom stereocenters. The van der Waals surface area contributed by atoms with Gasteiger partial charge in [0.05, 0.1) is 19.1 Å². The second-order valence-corrected chi connectivity index (χ2v) is 18.5. The Kier molecular flexibility index (Phi) is 8.61. The molecule has 0 saturated carbocycles. The lowest BCUT2D eigenvalue weighted by Gasteiger charge is -2.50. The van der Waals surface area contributed by atoms with E-state index in [9.17, 15) is 14.7 Å². The summed E-state index contributed by atoms with van der Waals surface area (Å²) in [5.74, 6) is -2.39. The molecule has 2 aliphatic rings. The van der Waals surface area contributed by atoms with Gasteiger partial charge in [0, 0.05) is 6.61 Å². The van der Waals surface area contributed by atoms with Crippen LogP contribution in [0.3, 0.4) is 0 Å². The van der Waals surface area contributed by atoms with E-state index in [4.69, 9.17) is 18.6 Å². The second kappa shape index (κ2) is 11.2. The van der Waals surface area contributed by atoms with Crippen molar-refractivity contribution in [2.24, 2.45) is 5.92 Å². The van der Waals surface area contributed by atoms with Crippen LogP contribution in [0.25, 0.3) is 0 Å². The van der Waals surface area contributed by atoms with Gasteiger partial charge in [0.15, 0.2) is 5.79 Å². The zero-order valence-corrected chi connectivity index (χ0v) is 27.5. The summed E-state index contributed by atoms with van der Waals surface area (Å²) in [4.78, 5) is 28.6. The molecule has 8 nitrogen and oxygen atoms in total. The summed E-state index contributed by atoms with van der Waals surface area (Å²) in [7, 11) is -2.87. The molecule has 0 aliphatic carbocycles. The van der Waals surface area contributed by atoms with Gasteiger partial charge in [-0.15, -0.1) is 0 Å². The van der Waals surface area contributed by atoms with Crippen molar-refractivity contribution >= 4 is 30.7 Å². The Bertz CT molecular complexity index is 1220. The molecule has 2 aliphatic heterocycles. The molecule has 2 amide bonds. The number of carbonyl (C=O) groups excluding carboxylic acids is 2. The highest BCUT2D eigenvalue weighted by Crippen LogP contribution is 2.49. The van der Waals surface area contributed by atoms with Crippen LogP contribution in [0, 0.1) is 5.92 Å². The first kappa shape index (κ1) is 32.4. The summed E-state index contributed by atoms with van der Waals surface area (Å²) in [5.41, 5.74) is -3.97. The van der Waals surface area contributed by atoms with Crippen molar-refractivity contribution in [2.45, 2.75) is 96.3 Å². The second-order valence-electron chi connectivity index (χ2n) is 14.2. The number of ether oxygens (including phenoxy) is 3. The molecule has 2 heterocycles. The Hall–Kier alpha value is -2.56.